The van der Waals surface area contributed by atoms with Crippen molar-refractivity contribution in [1.29, 1.82) is 0 Å². The SMILES string of the molecule is C#CC1C(/C=C/[Si](C(C)C)(C(C)C)C(C)C)[C@H]2CC[C@@H]1C2. The molecule has 2 unspecified atom stereocenters. The van der Waals surface area contributed by atoms with Gasteiger partial charge in [0.1, 0.15) is 0 Å². The zero-order valence-electron chi connectivity index (χ0n) is 14.9. The Morgan fingerprint density at radius 2 is 1.48 bits per heavy atom. The zero-order valence-corrected chi connectivity index (χ0v) is 15.9. The van der Waals surface area contributed by atoms with E-state index in [-0.39, 0.29) is 0 Å². The molecule has 0 heterocycles. The molecule has 2 bridgehead atoms. The summed E-state index contributed by atoms with van der Waals surface area (Å²) in [6.07, 6.45) is 12.6. The van der Waals surface area contributed by atoms with E-state index in [4.69, 9.17) is 6.42 Å². The van der Waals surface area contributed by atoms with Gasteiger partial charge in [-0.1, -0.05) is 53.3 Å². The average molecular weight is 303 g/mol. The number of allylic oxidation sites excluding steroid dienone is 1. The topological polar surface area (TPSA) is 0 Å². The van der Waals surface area contributed by atoms with Gasteiger partial charge in [0.05, 0.1) is 8.07 Å². The van der Waals surface area contributed by atoms with Gasteiger partial charge in [-0.2, -0.15) is 0 Å². The van der Waals surface area contributed by atoms with Crippen molar-refractivity contribution < 1.29 is 0 Å². The molecule has 0 saturated heterocycles. The lowest BCUT2D eigenvalue weighted by molar-refractivity contribution is 0.328. The first-order chi connectivity index (χ1) is 9.84. The van der Waals surface area contributed by atoms with E-state index in [2.05, 4.69) is 59.2 Å². The average Bonchev–Trinajstić information content (AvgIpc) is 2.98. The van der Waals surface area contributed by atoms with Gasteiger partial charge in [-0.15, -0.1) is 12.3 Å². The highest BCUT2D eigenvalue weighted by Gasteiger charge is 2.46. The van der Waals surface area contributed by atoms with Crippen molar-refractivity contribution in [2.24, 2.45) is 23.7 Å². The molecule has 118 valence electrons. The van der Waals surface area contributed by atoms with Crippen molar-refractivity contribution in [3.05, 3.63) is 11.8 Å². The maximum Gasteiger partial charge on any atom is 0.0849 e. The van der Waals surface area contributed by atoms with Crippen molar-refractivity contribution in [2.45, 2.75) is 77.4 Å². The first-order valence-electron chi connectivity index (χ1n) is 9.00. The monoisotopic (exact) mass is 302 g/mol. The minimum atomic E-state index is -1.41. The lowest BCUT2D eigenvalue weighted by Gasteiger charge is -2.41. The van der Waals surface area contributed by atoms with Crippen LogP contribution in [0.15, 0.2) is 11.8 Å². The fourth-order valence-electron chi connectivity index (χ4n) is 5.72. The van der Waals surface area contributed by atoms with Gasteiger partial charge < -0.3 is 0 Å². The number of fused-ring (bicyclic) bond motifs is 2. The minimum absolute atomic E-state index is 0.526. The molecule has 0 aliphatic heterocycles. The predicted molar refractivity (Wildman–Crippen MR) is 96.8 cm³/mol. The van der Waals surface area contributed by atoms with Crippen LogP contribution in [0.1, 0.15) is 60.8 Å². The van der Waals surface area contributed by atoms with E-state index in [1.54, 1.807) is 0 Å². The Labute approximate surface area is 133 Å². The Hall–Kier alpha value is -0.483. The van der Waals surface area contributed by atoms with E-state index < -0.39 is 8.07 Å². The van der Waals surface area contributed by atoms with Crippen molar-refractivity contribution in [3.63, 3.8) is 0 Å². The van der Waals surface area contributed by atoms with Crippen LogP contribution in [0.4, 0.5) is 0 Å². The maximum atomic E-state index is 5.86. The van der Waals surface area contributed by atoms with E-state index in [1.165, 1.54) is 19.3 Å². The normalized spacial score (nSPS) is 32.8. The molecule has 0 spiro atoms. The number of hydrogen-bond acceptors (Lipinski definition) is 0. The third-order valence-corrected chi connectivity index (χ3v) is 13.5. The molecule has 0 amide bonds. The van der Waals surface area contributed by atoms with Crippen LogP contribution in [0, 0.1) is 36.0 Å². The first kappa shape index (κ1) is 16.9. The van der Waals surface area contributed by atoms with Crippen LogP contribution in [-0.2, 0) is 0 Å². The van der Waals surface area contributed by atoms with Crippen LogP contribution in [0.5, 0.6) is 0 Å². The molecule has 2 rings (SSSR count). The molecule has 21 heavy (non-hydrogen) atoms. The summed E-state index contributed by atoms with van der Waals surface area (Å²) >= 11 is 0. The van der Waals surface area contributed by atoms with Gasteiger partial charge in [-0.05, 0) is 53.6 Å². The van der Waals surface area contributed by atoms with Crippen molar-refractivity contribution in [3.8, 4) is 12.3 Å². The second-order valence-corrected chi connectivity index (χ2v) is 14.2. The van der Waals surface area contributed by atoms with Crippen molar-refractivity contribution in [2.75, 3.05) is 0 Å². The van der Waals surface area contributed by atoms with E-state index in [1.807, 2.05) is 0 Å². The number of terminal acetylenes is 1. The molecule has 1 heteroatoms. The van der Waals surface area contributed by atoms with E-state index in [0.29, 0.717) is 11.8 Å². The van der Waals surface area contributed by atoms with Crippen LogP contribution >= 0.6 is 0 Å². The fraction of sp³-hybridized carbons (Fsp3) is 0.800. The first-order valence-corrected chi connectivity index (χ1v) is 11.3. The molecule has 0 radical (unpaired) electrons. The Kier molecular flexibility index (Phi) is 5.09. The highest BCUT2D eigenvalue weighted by Crippen LogP contribution is 2.53. The van der Waals surface area contributed by atoms with Gasteiger partial charge in [0.2, 0.25) is 0 Å². The highest BCUT2D eigenvalue weighted by atomic mass is 28.3. The van der Waals surface area contributed by atoms with Crippen LogP contribution in [0.2, 0.25) is 16.6 Å². The molecular weight excluding hydrogens is 268 g/mol. The van der Waals surface area contributed by atoms with E-state index in [9.17, 15) is 0 Å². The Morgan fingerprint density at radius 1 is 0.952 bits per heavy atom. The summed E-state index contributed by atoms with van der Waals surface area (Å²) in [6, 6.07) is 0. The number of rotatable bonds is 5. The third kappa shape index (κ3) is 2.77. The molecule has 2 aliphatic rings. The fourth-order valence-corrected chi connectivity index (χ4v) is 11.4. The highest BCUT2D eigenvalue weighted by molar-refractivity contribution is 6.87. The van der Waals surface area contributed by atoms with Crippen LogP contribution in [0.3, 0.4) is 0 Å². The van der Waals surface area contributed by atoms with Gasteiger partial charge in [-0.25, -0.2) is 0 Å². The molecule has 0 nitrogen and oxygen atoms in total. The molecule has 4 atom stereocenters. The summed E-state index contributed by atoms with van der Waals surface area (Å²) in [6.45, 7) is 14.6. The quantitative estimate of drug-likeness (QED) is 0.428. The van der Waals surface area contributed by atoms with Crippen molar-refractivity contribution in [1.82, 2.24) is 0 Å². The second-order valence-electron chi connectivity index (χ2n) is 8.43. The maximum absolute atomic E-state index is 5.86. The second kappa shape index (κ2) is 6.33. The summed E-state index contributed by atoms with van der Waals surface area (Å²) in [7, 11) is -1.41. The Balaban J connectivity index is 2.26. The zero-order chi connectivity index (χ0) is 15.8. The summed E-state index contributed by atoms with van der Waals surface area (Å²) in [4.78, 5) is 0. The smallest absolute Gasteiger partial charge is 0.0849 e. The molecule has 0 N–H and O–H groups in total. The van der Waals surface area contributed by atoms with Crippen LogP contribution in [-0.4, -0.2) is 8.07 Å². The van der Waals surface area contributed by atoms with E-state index >= 15 is 0 Å². The summed E-state index contributed by atoms with van der Waals surface area (Å²) in [5, 5.41) is 0. The molecule has 2 aliphatic carbocycles. The summed E-state index contributed by atoms with van der Waals surface area (Å²) in [5.74, 6) is 6.04. The Bertz CT molecular complexity index is 402. The van der Waals surface area contributed by atoms with Gasteiger partial charge in [0.25, 0.3) is 0 Å². The largest absolute Gasteiger partial charge is 0.120 e. The van der Waals surface area contributed by atoms with Gasteiger partial charge >= 0.3 is 0 Å². The third-order valence-electron chi connectivity index (χ3n) is 6.78. The predicted octanol–water partition coefficient (Wildman–Crippen LogP) is 6.06. The molecule has 2 fully saturated rings. The molecule has 0 aromatic rings. The summed E-state index contributed by atoms with van der Waals surface area (Å²) < 4.78 is 0. The van der Waals surface area contributed by atoms with Crippen LogP contribution < -0.4 is 0 Å². The van der Waals surface area contributed by atoms with Crippen molar-refractivity contribution >= 4 is 8.07 Å². The lowest BCUT2D eigenvalue weighted by Crippen LogP contribution is -2.43. The standard InChI is InChI=1S/C20H34Si/c1-8-19-17-9-10-18(13-17)20(19)11-12-21(14(2)3,15(4)5)16(6)7/h1,11-12,14-20H,9-10,13H2,2-7H3/b12-11+/t17-,18+,19?,20?/m1/s1. The number of hydrogen-bond donors (Lipinski definition) is 0. The van der Waals surface area contributed by atoms with Gasteiger partial charge in [0.15, 0.2) is 0 Å². The molecule has 0 aromatic heterocycles. The Morgan fingerprint density at radius 3 is 1.95 bits per heavy atom. The van der Waals surface area contributed by atoms with E-state index in [0.717, 1.165) is 28.5 Å². The lowest BCUT2D eigenvalue weighted by atomic mass is 9.80. The molecule has 0 aromatic carbocycles. The minimum Gasteiger partial charge on any atom is -0.120 e. The van der Waals surface area contributed by atoms with Gasteiger partial charge in [-0.3, -0.25) is 0 Å². The molecule has 2 saturated carbocycles. The summed E-state index contributed by atoms with van der Waals surface area (Å²) in [5.41, 5.74) is 5.12. The molecular formula is C20H34Si. The van der Waals surface area contributed by atoms with Crippen LogP contribution in [0.25, 0.3) is 0 Å². The van der Waals surface area contributed by atoms with Gasteiger partial charge in [0, 0.05) is 5.92 Å².